The predicted octanol–water partition coefficient (Wildman–Crippen LogP) is 4.80. The molecule has 0 aliphatic carbocycles. The van der Waals surface area contributed by atoms with Gasteiger partial charge in [0.2, 0.25) is 0 Å². The topological polar surface area (TPSA) is 96.0 Å². The molecular formula is C24H28Cl2FN3O5S. The number of hydrazine groups is 1. The van der Waals surface area contributed by atoms with E-state index in [4.69, 9.17) is 27.9 Å². The summed E-state index contributed by atoms with van der Waals surface area (Å²) < 4.78 is 46.6. The number of nitrogens with one attached hydrogen (secondary N) is 1. The maximum atomic E-state index is 13.4. The summed E-state index contributed by atoms with van der Waals surface area (Å²) in [5.74, 6) is -1.14. The maximum absolute atomic E-state index is 13.4. The quantitative estimate of drug-likeness (QED) is 0.513. The lowest BCUT2D eigenvalue weighted by molar-refractivity contribution is -0.157. The van der Waals surface area contributed by atoms with Crippen LogP contribution < -0.4 is 5.32 Å². The third kappa shape index (κ3) is 7.32. The van der Waals surface area contributed by atoms with E-state index in [2.05, 4.69) is 5.32 Å². The van der Waals surface area contributed by atoms with Crippen LogP contribution in [0.2, 0.25) is 10.0 Å². The van der Waals surface area contributed by atoms with E-state index in [0.717, 1.165) is 9.42 Å². The second kappa shape index (κ2) is 11.3. The molecule has 1 N–H and O–H groups in total. The average Bonchev–Trinajstić information content (AvgIpc) is 2.78. The van der Waals surface area contributed by atoms with E-state index in [1.807, 2.05) is 0 Å². The number of carbonyl (C=O) groups excluding carboxylic acids is 2. The Kier molecular flexibility index (Phi) is 8.87. The van der Waals surface area contributed by atoms with Gasteiger partial charge in [-0.1, -0.05) is 35.3 Å². The van der Waals surface area contributed by atoms with Crippen molar-refractivity contribution in [3.63, 3.8) is 0 Å². The number of nitrogens with zero attached hydrogens (tertiary/aromatic N) is 2. The van der Waals surface area contributed by atoms with E-state index < -0.39 is 39.5 Å². The number of benzene rings is 2. The van der Waals surface area contributed by atoms with Crippen molar-refractivity contribution in [2.24, 2.45) is 0 Å². The molecule has 1 aliphatic heterocycles. The minimum Gasteiger partial charge on any atom is -0.458 e. The minimum atomic E-state index is -4.18. The van der Waals surface area contributed by atoms with E-state index in [9.17, 15) is 22.4 Å². The van der Waals surface area contributed by atoms with Gasteiger partial charge in [-0.3, -0.25) is 0 Å². The first kappa shape index (κ1) is 28.2. The smallest absolute Gasteiger partial charge is 0.333 e. The summed E-state index contributed by atoms with van der Waals surface area (Å²) in [5, 5.41) is 3.93. The van der Waals surface area contributed by atoms with Crippen molar-refractivity contribution in [2.45, 2.75) is 56.6 Å². The molecule has 1 aliphatic rings. The van der Waals surface area contributed by atoms with Gasteiger partial charge in [0.05, 0.1) is 4.90 Å². The zero-order valence-corrected chi connectivity index (χ0v) is 22.5. The Bertz CT molecular complexity index is 1200. The maximum Gasteiger partial charge on any atom is 0.333 e. The largest absolute Gasteiger partial charge is 0.458 e. The Labute approximate surface area is 220 Å². The van der Waals surface area contributed by atoms with Crippen LogP contribution in [-0.4, -0.2) is 54.6 Å². The zero-order chi connectivity index (χ0) is 26.7. The number of carbonyl (C=O) groups is 2. The van der Waals surface area contributed by atoms with Crippen LogP contribution in [0.1, 0.15) is 39.2 Å². The molecule has 8 nitrogen and oxygen atoms in total. The van der Waals surface area contributed by atoms with Crippen molar-refractivity contribution < 1.29 is 27.1 Å². The van der Waals surface area contributed by atoms with Crippen molar-refractivity contribution in [3.05, 3.63) is 63.9 Å². The second-order valence-corrected chi connectivity index (χ2v) is 12.1. The van der Waals surface area contributed by atoms with Crippen LogP contribution in [-0.2, 0) is 26.0 Å². The summed E-state index contributed by atoms with van der Waals surface area (Å²) in [6.07, 6.45) is 1.11. The zero-order valence-electron chi connectivity index (χ0n) is 20.1. The van der Waals surface area contributed by atoms with Gasteiger partial charge >= 0.3 is 12.0 Å². The fourth-order valence-corrected chi connectivity index (χ4v) is 5.87. The molecule has 36 heavy (non-hydrogen) atoms. The molecule has 196 valence electrons. The first-order valence-corrected chi connectivity index (χ1v) is 13.5. The molecule has 0 spiro atoms. The molecule has 1 fully saturated rings. The van der Waals surface area contributed by atoms with E-state index >= 15 is 0 Å². The highest BCUT2D eigenvalue weighted by atomic mass is 35.5. The third-order valence-corrected chi connectivity index (χ3v) is 7.43. The number of esters is 1. The van der Waals surface area contributed by atoms with Gasteiger partial charge in [-0.05, 0) is 69.5 Å². The Balaban J connectivity index is 1.87. The molecule has 0 bridgehead atoms. The van der Waals surface area contributed by atoms with Crippen LogP contribution in [0.25, 0.3) is 0 Å². The Morgan fingerprint density at radius 1 is 1.06 bits per heavy atom. The SMILES string of the molecule is CC(C)(C)OC(=O)[C@H](Cc1ccc(F)cc1)NC(=O)N1CCCCN1S(=O)(=O)c1cc(Cl)cc(Cl)c1. The van der Waals surface area contributed by atoms with E-state index in [0.29, 0.717) is 18.4 Å². The van der Waals surface area contributed by atoms with Crippen LogP contribution in [0, 0.1) is 5.82 Å². The highest BCUT2D eigenvalue weighted by Crippen LogP contribution is 2.27. The van der Waals surface area contributed by atoms with Crippen molar-refractivity contribution in [1.29, 1.82) is 0 Å². The van der Waals surface area contributed by atoms with Gasteiger partial charge in [0.1, 0.15) is 17.5 Å². The van der Waals surface area contributed by atoms with Crippen LogP contribution in [0.4, 0.5) is 9.18 Å². The number of amides is 2. The van der Waals surface area contributed by atoms with Crippen LogP contribution >= 0.6 is 23.2 Å². The Morgan fingerprint density at radius 2 is 1.64 bits per heavy atom. The van der Waals surface area contributed by atoms with Gasteiger partial charge < -0.3 is 10.1 Å². The average molecular weight is 560 g/mol. The molecule has 2 amide bonds. The summed E-state index contributed by atoms with van der Waals surface area (Å²) >= 11 is 12.0. The van der Waals surface area contributed by atoms with Crippen LogP contribution in [0.15, 0.2) is 47.4 Å². The monoisotopic (exact) mass is 559 g/mol. The normalized spacial score (nSPS) is 15.9. The fraction of sp³-hybridized carbons (Fsp3) is 0.417. The summed E-state index contributed by atoms with van der Waals surface area (Å²) in [6, 6.07) is 7.48. The molecule has 1 saturated heterocycles. The van der Waals surface area contributed by atoms with Gasteiger partial charge in [0.15, 0.2) is 0 Å². The molecule has 3 rings (SSSR count). The highest BCUT2D eigenvalue weighted by molar-refractivity contribution is 7.89. The Morgan fingerprint density at radius 3 is 2.22 bits per heavy atom. The van der Waals surface area contributed by atoms with Crippen molar-refractivity contribution >= 4 is 45.2 Å². The molecule has 12 heteroatoms. The number of hydrogen-bond acceptors (Lipinski definition) is 5. The van der Waals surface area contributed by atoms with Gasteiger partial charge in [0.25, 0.3) is 10.0 Å². The van der Waals surface area contributed by atoms with Gasteiger partial charge in [-0.2, -0.15) is 0 Å². The molecule has 0 aromatic heterocycles. The summed E-state index contributed by atoms with van der Waals surface area (Å²) in [7, 11) is -4.18. The van der Waals surface area contributed by atoms with Gasteiger partial charge in [-0.15, -0.1) is 4.41 Å². The second-order valence-electron chi connectivity index (χ2n) is 9.35. The molecule has 2 aromatic rings. The summed E-state index contributed by atoms with van der Waals surface area (Å²) in [4.78, 5) is 26.1. The van der Waals surface area contributed by atoms with Crippen molar-refractivity contribution in [2.75, 3.05) is 13.1 Å². The number of hydrogen-bond donors (Lipinski definition) is 1. The standard InChI is InChI=1S/C24H28Cl2FN3O5S/c1-24(2,3)35-22(31)21(12-16-6-8-19(27)9-7-16)28-23(32)29-10-4-5-11-30(29)36(33,34)20-14-17(25)13-18(26)15-20/h6-9,13-15,21H,4-5,10-12H2,1-3H3,(H,28,32)/t21-/m0/s1. The molecule has 1 heterocycles. The number of rotatable bonds is 6. The summed E-state index contributed by atoms with van der Waals surface area (Å²) in [5.41, 5.74) is -0.237. The number of halogens is 3. The van der Waals surface area contributed by atoms with Crippen LogP contribution in [0.3, 0.4) is 0 Å². The molecule has 2 aromatic carbocycles. The number of ether oxygens (including phenoxy) is 1. The molecule has 0 radical (unpaired) electrons. The molecule has 1 atom stereocenters. The van der Waals surface area contributed by atoms with Crippen molar-refractivity contribution in [3.8, 4) is 0 Å². The molecule has 0 unspecified atom stereocenters. The first-order valence-electron chi connectivity index (χ1n) is 11.3. The lowest BCUT2D eigenvalue weighted by Gasteiger charge is -2.38. The van der Waals surface area contributed by atoms with Crippen LogP contribution in [0.5, 0.6) is 0 Å². The highest BCUT2D eigenvalue weighted by Gasteiger charge is 2.37. The lowest BCUT2D eigenvalue weighted by atomic mass is 10.1. The number of sulfonamides is 1. The fourth-order valence-electron chi connectivity index (χ4n) is 3.64. The van der Waals surface area contributed by atoms with E-state index in [1.165, 1.54) is 42.5 Å². The van der Waals surface area contributed by atoms with Gasteiger partial charge in [-0.25, -0.2) is 27.4 Å². The minimum absolute atomic E-state index is 0.0193. The van der Waals surface area contributed by atoms with E-state index in [1.54, 1.807) is 20.8 Å². The number of urea groups is 1. The van der Waals surface area contributed by atoms with E-state index in [-0.39, 0.29) is 34.5 Å². The third-order valence-electron chi connectivity index (χ3n) is 5.23. The molecular weight excluding hydrogens is 532 g/mol. The lowest BCUT2D eigenvalue weighted by Crippen LogP contribution is -2.59. The predicted molar refractivity (Wildman–Crippen MR) is 135 cm³/mol. The molecule has 0 saturated carbocycles. The first-order chi connectivity index (χ1) is 16.8. The summed E-state index contributed by atoms with van der Waals surface area (Å²) in [6.45, 7) is 5.23. The van der Waals surface area contributed by atoms with Gasteiger partial charge in [0, 0.05) is 29.6 Å². The Hall–Kier alpha value is -2.40. The van der Waals surface area contributed by atoms with Crippen molar-refractivity contribution in [1.82, 2.24) is 14.7 Å².